The minimum absolute atomic E-state index is 0.139. The molecule has 20 heavy (non-hydrogen) atoms. The quantitative estimate of drug-likeness (QED) is 0.586. The molecule has 0 fully saturated rings. The summed E-state index contributed by atoms with van der Waals surface area (Å²) < 4.78 is 1.02. The summed E-state index contributed by atoms with van der Waals surface area (Å²) in [4.78, 5) is 11.9. The SMILES string of the molecule is CC(C)C(C=O)(Cc1ccccc1)[Se]c1ccccc1. The molecule has 0 N–H and O–H groups in total. The van der Waals surface area contributed by atoms with Crippen molar-refractivity contribution in [1.82, 2.24) is 0 Å². The van der Waals surface area contributed by atoms with Crippen LogP contribution >= 0.6 is 0 Å². The summed E-state index contributed by atoms with van der Waals surface area (Å²) in [5.74, 6) is 0.334. The van der Waals surface area contributed by atoms with Crippen molar-refractivity contribution >= 4 is 25.7 Å². The number of hydrogen-bond donors (Lipinski definition) is 0. The molecule has 0 aliphatic heterocycles. The third-order valence-corrected chi connectivity index (χ3v) is 6.91. The van der Waals surface area contributed by atoms with Crippen LogP contribution in [0.25, 0.3) is 0 Å². The monoisotopic (exact) mass is 332 g/mol. The maximum absolute atomic E-state index is 11.9. The molecule has 2 aromatic carbocycles. The number of benzene rings is 2. The van der Waals surface area contributed by atoms with Crippen molar-refractivity contribution in [2.75, 3.05) is 0 Å². The van der Waals surface area contributed by atoms with Gasteiger partial charge in [0, 0.05) is 0 Å². The van der Waals surface area contributed by atoms with E-state index < -0.39 is 0 Å². The van der Waals surface area contributed by atoms with E-state index in [-0.39, 0.29) is 19.3 Å². The number of carbonyl (C=O) groups is 1. The zero-order chi connectivity index (χ0) is 14.4. The van der Waals surface area contributed by atoms with Crippen LogP contribution in [0.2, 0.25) is 4.31 Å². The van der Waals surface area contributed by atoms with Crippen LogP contribution in [0.1, 0.15) is 19.4 Å². The number of hydrogen-bond acceptors (Lipinski definition) is 1. The molecule has 2 aromatic rings. The normalized spacial score (nSPS) is 13.9. The van der Waals surface area contributed by atoms with E-state index in [1.54, 1.807) is 0 Å². The van der Waals surface area contributed by atoms with Crippen LogP contribution in [0, 0.1) is 5.92 Å². The summed E-state index contributed by atoms with van der Waals surface area (Å²) >= 11 is 0.139. The van der Waals surface area contributed by atoms with Gasteiger partial charge in [0.2, 0.25) is 0 Å². The van der Waals surface area contributed by atoms with Gasteiger partial charge < -0.3 is 0 Å². The van der Waals surface area contributed by atoms with E-state index in [4.69, 9.17) is 0 Å². The summed E-state index contributed by atoms with van der Waals surface area (Å²) in [6.07, 6.45) is 2.02. The zero-order valence-corrected chi connectivity index (χ0v) is 13.7. The Labute approximate surface area is 127 Å². The molecule has 0 radical (unpaired) electrons. The van der Waals surface area contributed by atoms with Crippen LogP contribution in [-0.2, 0) is 11.2 Å². The third kappa shape index (κ3) is 3.59. The first-order valence-corrected chi connectivity index (χ1v) is 8.62. The van der Waals surface area contributed by atoms with Gasteiger partial charge in [0.15, 0.2) is 0 Å². The number of rotatable bonds is 6. The molecule has 0 heterocycles. The molecule has 0 saturated carbocycles. The van der Waals surface area contributed by atoms with E-state index in [1.165, 1.54) is 16.3 Å². The maximum atomic E-state index is 11.9. The minimum atomic E-state index is -0.268. The number of aldehydes is 1. The molecule has 0 bridgehead atoms. The van der Waals surface area contributed by atoms with Gasteiger partial charge in [-0.3, -0.25) is 0 Å². The Balaban J connectivity index is 2.28. The van der Waals surface area contributed by atoms with E-state index in [2.05, 4.69) is 50.2 Å². The first kappa shape index (κ1) is 15.0. The van der Waals surface area contributed by atoms with Crippen molar-refractivity contribution in [2.24, 2.45) is 5.92 Å². The van der Waals surface area contributed by atoms with Crippen molar-refractivity contribution in [2.45, 2.75) is 24.6 Å². The van der Waals surface area contributed by atoms with E-state index >= 15 is 0 Å². The van der Waals surface area contributed by atoms with Gasteiger partial charge in [0.1, 0.15) is 0 Å². The van der Waals surface area contributed by atoms with Gasteiger partial charge in [0.25, 0.3) is 0 Å². The molecule has 1 unspecified atom stereocenters. The molecule has 0 aliphatic carbocycles. The van der Waals surface area contributed by atoms with Gasteiger partial charge in [0.05, 0.1) is 0 Å². The molecular formula is C18H20OSe. The van der Waals surface area contributed by atoms with Crippen LogP contribution in [0.15, 0.2) is 60.7 Å². The fraction of sp³-hybridized carbons (Fsp3) is 0.278. The Hall–Kier alpha value is -1.37. The van der Waals surface area contributed by atoms with E-state index in [0.717, 1.165) is 6.42 Å². The topological polar surface area (TPSA) is 17.1 Å². The van der Waals surface area contributed by atoms with Crippen LogP contribution < -0.4 is 4.46 Å². The third-order valence-electron chi connectivity index (χ3n) is 3.55. The van der Waals surface area contributed by atoms with E-state index in [9.17, 15) is 4.79 Å². The molecule has 0 spiro atoms. The van der Waals surface area contributed by atoms with Crippen LogP contribution in [-0.4, -0.2) is 21.2 Å². The molecule has 2 heteroatoms. The molecule has 0 aromatic heterocycles. The Kier molecular flexibility index (Phi) is 5.17. The van der Waals surface area contributed by atoms with Crippen LogP contribution in [0.4, 0.5) is 0 Å². The summed E-state index contributed by atoms with van der Waals surface area (Å²) in [5.41, 5.74) is 1.24. The van der Waals surface area contributed by atoms with Crippen LogP contribution in [0.3, 0.4) is 0 Å². The summed E-state index contributed by atoms with van der Waals surface area (Å²) in [6.45, 7) is 4.31. The second-order valence-corrected chi connectivity index (χ2v) is 8.32. The fourth-order valence-electron chi connectivity index (χ4n) is 2.18. The molecular weight excluding hydrogens is 311 g/mol. The summed E-state index contributed by atoms with van der Waals surface area (Å²) in [7, 11) is 0. The van der Waals surface area contributed by atoms with E-state index in [1.807, 2.05) is 24.3 Å². The Bertz CT molecular complexity index is 492. The second kappa shape index (κ2) is 6.87. The Morgan fingerprint density at radius 1 is 1.00 bits per heavy atom. The molecule has 104 valence electrons. The van der Waals surface area contributed by atoms with Gasteiger partial charge in [-0.15, -0.1) is 0 Å². The number of carbonyl (C=O) groups excluding carboxylic acids is 1. The molecule has 0 saturated heterocycles. The first-order chi connectivity index (χ1) is 9.66. The van der Waals surface area contributed by atoms with Crippen molar-refractivity contribution in [3.63, 3.8) is 0 Å². The predicted molar refractivity (Wildman–Crippen MR) is 85.6 cm³/mol. The van der Waals surface area contributed by atoms with Gasteiger partial charge >= 0.3 is 127 Å². The Morgan fingerprint density at radius 3 is 2.05 bits per heavy atom. The summed E-state index contributed by atoms with van der Waals surface area (Å²) in [5, 5.41) is 0. The molecule has 0 amide bonds. The van der Waals surface area contributed by atoms with Crippen molar-refractivity contribution in [3.8, 4) is 0 Å². The second-order valence-electron chi connectivity index (χ2n) is 5.30. The van der Waals surface area contributed by atoms with Gasteiger partial charge in [-0.2, -0.15) is 0 Å². The fourth-order valence-corrected chi connectivity index (χ4v) is 4.82. The predicted octanol–water partition coefficient (Wildman–Crippen LogP) is 3.27. The van der Waals surface area contributed by atoms with Crippen molar-refractivity contribution in [1.29, 1.82) is 0 Å². The first-order valence-electron chi connectivity index (χ1n) is 6.90. The molecule has 2 rings (SSSR count). The molecule has 1 atom stereocenters. The van der Waals surface area contributed by atoms with Crippen molar-refractivity contribution < 1.29 is 4.79 Å². The van der Waals surface area contributed by atoms with Crippen LogP contribution in [0.5, 0.6) is 0 Å². The van der Waals surface area contributed by atoms with Gasteiger partial charge in [-0.1, -0.05) is 0 Å². The average molecular weight is 331 g/mol. The zero-order valence-electron chi connectivity index (χ0n) is 12.0. The average Bonchev–Trinajstić information content (AvgIpc) is 2.48. The van der Waals surface area contributed by atoms with Crippen molar-refractivity contribution in [3.05, 3.63) is 66.2 Å². The summed E-state index contributed by atoms with van der Waals surface area (Å²) in [6, 6.07) is 20.7. The van der Waals surface area contributed by atoms with Gasteiger partial charge in [-0.05, 0) is 0 Å². The van der Waals surface area contributed by atoms with Gasteiger partial charge in [-0.25, -0.2) is 0 Å². The Morgan fingerprint density at radius 2 is 1.55 bits per heavy atom. The molecule has 0 aliphatic rings. The molecule has 1 nitrogen and oxygen atoms in total. The standard InChI is InChI=1S/C18H20OSe/c1-15(2)18(14-19,13-16-9-5-3-6-10-16)20-17-11-7-4-8-12-17/h3-12,14-15H,13H2,1-2H3. The van der Waals surface area contributed by atoms with E-state index in [0.29, 0.717) is 5.92 Å².